The molecule has 3 aromatic rings. The number of nitrogens with one attached hydrogen (secondary N) is 1. The molecule has 1 aliphatic rings. The fraction of sp³-hybridized carbons (Fsp3) is 0.263. The van der Waals surface area contributed by atoms with E-state index in [1.54, 1.807) is 23.5 Å². The van der Waals surface area contributed by atoms with Crippen LogP contribution in [0.2, 0.25) is 0 Å². The second kappa shape index (κ2) is 7.00. The van der Waals surface area contributed by atoms with E-state index in [0.29, 0.717) is 5.92 Å². The van der Waals surface area contributed by atoms with Crippen LogP contribution in [0.15, 0.2) is 48.5 Å². The number of fused-ring (bicyclic) bond motifs is 1. The number of hydrogen-bond donors (Lipinski definition) is 1. The highest BCUT2D eigenvalue weighted by Crippen LogP contribution is 2.44. The molecular formula is C19H19ClFNS. The Hall–Kier alpha value is -1.42. The van der Waals surface area contributed by atoms with Gasteiger partial charge in [0.05, 0.1) is 0 Å². The van der Waals surface area contributed by atoms with E-state index in [-0.39, 0.29) is 18.2 Å². The van der Waals surface area contributed by atoms with E-state index in [1.807, 2.05) is 12.1 Å². The van der Waals surface area contributed by atoms with E-state index in [2.05, 4.69) is 29.6 Å². The first-order chi connectivity index (χ1) is 10.8. The maximum absolute atomic E-state index is 13.6. The zero-order valence-electron chi connectivity index (χ0n) is 12.7. The van der Waals surface area contributed by atoms with Gasteiger partial charge in [-0.3, -0.25) is 0 Å². The average molecular weight is 348 g/mol. The highest BCUT2D eigenvalue weighted by atomic mass is 35.5. The summed E-state index contributed by atoms with van der Waals surface area (Å²) in [7, 11) is 0. The number of hydrogen-bond acceptors (Lipinski definition) is 2. The number of benzene rings is 2. The number of piperidine rings is 1. The molecular weight excluding hydrogens is 329 g/mol. The molecule has 2 aromatic carbocycles. The van der Waals surface area contributed by atoms with E-state index in [1.165, 1.54) is 21.4 Å². The van der Waals surface area contributed by atoms with Gasteiger partial charge in [0.25, 0.3) is 0 Å². The minimum absolute atomic E-state index is 0. The molecule has 0 spiro atoms. The van der Waals surface area contributed by atoms with Crippen molar-refractivity contribution < 1.29 is 4.39 Å². The average Bonchev–Trinajstić information content (AvgIpc) is 2.95. The Bertz CT molecular complexity index is 794. The third kappa shape index (κ3) is 3.14. The summed E-state index contributed by atoms with van der Waals surface area (Å²) >= 11 is 1.72. The van der Waals surface area contributed by atoms with E-state index in [9.17, 15) is 4.39 Å². The Morgan fingerprint density at radius 2 is 1.74 bits per heavy atom. The minimum atomic E-state index is -0.148. The van der Waals surface area contributed by atoms with E-state index in [0.717, 1.165) is 30.6 Å². The van der Waals surface area contributed by atoms with Crippen molar-refractivity contribution in [2.24, 2.45) is 0 Å². The van der Waals surface area contributed by atoms with Gasteiger partial charge in [0, 0.05) is 9.58 Å². The maximum atomic E-state index is 13.6. The Balaban J connectivity index is 0.00000156. The highest BCUT2D eigenvalue weighted by molar-refractivity contribution is 7.22. The molecule has 0 aliphatic carbocycles. The topological polar surface area (TPSA) is 12.0 Å². The van der Waals surface area contributed by atoms with Crippen molar-refractivity contribution in [3.63, 3.8) is 0 Å². The van der Waals surface area contributed by atoms with Gasteiger partial charge in [0.1, 0.15) is 5.82 Å². The minimum Gasteiger partial charge on any atom is -0.317 e. The van der Waals surface area contributed by atoms with Gasteiger partial charge in [-0.15, -0.1) is 23.7 Å². The Labute approximate surface area is 145 Å². The summed E-state index contributed by atoms with van der Waals surface area (Å²) in [6, 6.07) is 15.7. The summed E-state index contributed by atoms with van der Waals surface area (Å²) in [4.78, 5) is 1.31. The molecule has 4 heteroatoms. The van der Waals surface area contributed by atoms with E-state index >= 15 is 0 Å². The van der Waals surface area contributed by atoms with Gasteiger partial charge in [0.15, 0.2) is 0 Å². The van der Waals surface area contributed by atoms with Crippen molar-refractivity contribution in [1.29, 1.82) is 0 Å². The van der Waals surface area contributed by atoms with Crippen LogP contribution in [0.1, 0.15) is 24.3 Å². The normalized spacial score (nSPS) is 15.5. The summed E-state index contributed by atoms with van der Waals surface area (Å²) in [6.07, 6.45) is 2.31. The second-order valence-electron chi connectivity index (χ2n) is 5.88. The highest BCUT2D eigenvalue weighted by Gasteiger charge is 2.23. The molecule has 1 fully saturated rings. The standard InChI is InChI=1S/C19H18FNS.ClH/c20-15-6-7-16-17(12-15)22-19(14-4-2-1-3-5-14)18(16)13-8-10-21-11-9-13;/h1-7,12-13,21H,8-11H2;1H. The van der Waals surface area contributed by atoms with Crippen LogP contribution in [-0.2, 0) is 0 Å². The molecule has 1 nitrogen and oxygen atoms in total. The third-order valence-electron chi connectivity index (χ3n) is 4.47. The lowest BCUT2D eigenvalue weighted by Gasteiger charge is -2.24. The molecule has 0 atom stereocenters. The van der Waals surface area contributed by atoms with Gasteiger partial charge in [-0.2, -0.15) is 0 Å². The third-order valence-corrected chi connectivity index (χ3v) is 5.69. The van der Waals surface area contributed by atoms with Crippen LogP contribution in [-0.4, -0.2) is 13.1 Å². The zero-order valence-corrected chi connectivity index (χ0v) is 14.4. The first-order valence-corrected chi connectivity index (χ1v) is 8.62. The van der Waals surface area contributed by atoms with Gasteiger partial charge >= 0.3 is 0 Å². The maximum Gasteiger partial charge on any atom is 0.124 e. The van der Waals surface area contributed by atoms with E-state index in [4.69, 9.17) is 0 Å². The lowest BCUT2D eigenvalue weighted by Crippen LogP contribution is -2.26. The summed E-state index contributed by atoms with van der Waals surface area (Å²) < 4.78 is 14.7. The van der Waals surface area contributed by atoms with Crippen LogP contribution in [0.4, 0.5) is 4.39 Å². The number of rotatable bonds is 2. The second-order valence-corrected chi connectivity index (χ2v) is 6.93. The lowest BCUT2D eigenvalue weighted by molar-refractivity contribution is 0.463. The molecule has 1 saturated heterocycles. The predicted octanol–water partition coefficient (Wildman–Crippen LogP) is 5.60. The van der Waals surface area contributed by atoms with Crippen LogP contribution < -0.4 is 5.32 Å². The van der Waals surface area contributed by atoms with Crippen molar-refractivity contribution in [1.82, 2.24) is 5.32 Å². The lowest BCUT2D eigenvalue weighted by atomic mass is 9.87. The van der Waals surface area contributed by atoms with Crippen LogP contribution >= 0.6 is 23.7 Å². The molecule has 2 heterocycles. The van der Waals surface area contributed by atoms with Gasteiger partial charge in [-0.25, -0.2) is 4.39 Å². The number of halogens is 2. The van der Waals surface area contributed by atoms with Crippen LogP contribution in [0, 0.1) is 5.82 Å². The Kier molecular flexibility index (Phi) is 5.00. The SMILES string of the molecule is Cl.Fc1ccc2c(C3CCNCC3)c(-c3ccccc3)sc2c1. The summed E-state index contributed by atoms with van der Waals surface area (Å²) in [6.45, 7) is 2.13. The molecule has 1 N–H and O–H groups in total. The quantitative estimate of drug-likeness (QED) is 0.636. The van der Waals surface area contributed by atoms with Gasteiger partial charge in [-0.1, -0.05) is 36.4 Å². The van der Waals surface area contributed by atoms with Crippen molar-refractivity contribution in [3.8, 4) is 10.4 Å². The fourth-order valence-electron chi connectivity index (χ4n) is 3.41. The van der Waals surface area contributed by atoms with Crippen molar-refractivity contribution >= 4 is 33.8 Å². The molecule has 0 unspecified atom stereocenters. The zero-order chi connectivity index (χ0) is 14.9. The van der Waals surface area contributed by atoms with Crippen LogP contribution in [0.3, 0.4) is 0 Å². The summed E-state index contributed by atoms with van der Waals surface area (Å²) in [5, 5.41) is 4.67. The Morgan fingerprint density at radius 1 is 1.00 bits per heavy atom. The molecule has 0 amide bonds. The summed E-state index contributed by atoms with van der Waals surface area (Å²) in [5.41, 5.74) is 2.67. The Morgan fingerprint density at radius 3 is 2.48 bits per heavy atom. The molecule has 4 rings (SSSR count). The smallest absolute Gasteiger partial charge is 0.124 e. The molecule has 23 heavy (non-hydrogen) atoms. The van der Waals surface area contributed by atoms with Crippen molar-refractivity contribution in [2.45, 2.75) is 18.8 Å². The molecule has 0 saturated carbocycles. The number of thiophene rings is 1. The first kappa shape index (κ1) is 16.4. The van der Waals surface area contributed by atoms with E-state index < -0.39 is 0 Å². The van der Waals surface area contributed by atoms with Crippen molar-refractivity contribution in [2.75, 3.05) is 13.1 Å². The van der Waals surface area contributed by atoms with Crippen LogP contribution in [0.25, 0.3) is 20.5 Å². The van der Waals surface area contributed by atoms with Crippen molar-refractivity contribution in [3.05, 3.63) is 59.9 Å². The monoisotopic (exact) mass is 347 g/mol. The fourth-order valence-corrected chi connectivity index (χ4v) is 4.73. The molecule has 0 radical (unpaired) electrons. The first-order valence-electron chi connectivity index (χ1n) is 7.81. The van der Waals surface area contributed by atoms with Gasteiger partial charge in [0.2, 0.25) is 0 Å². The molecule has 120 valence electrons. The predicted molar refractivity (Wildman–Crippen MR) is 99.3 cm³/mol. The van der Waals surface area contributed by atoms with Gasteiger partial charge in [-0.05, 0) is 60.5 Å². The molecule has 0 bridgehead atoms. The summed E-state index contributed by atoms with van der Waals surface area (Å²) in [5.74, 6) is 0.417. The molecule has 1 aromatic heterocycles. The van der Waals surface area contributed by atoms with Crippen LogP contribution in [0.5, 0.6) is 0 Å². The van der Waals surface area contributed by atoms with Gasteiger partial charge < -0.3 is 5.32 Å². The largest absolute Gasteiger partial charge is 0.317 e. The molecule has 1 aliphatic heterocycles.